The van der Waals surface area contributed by atoms with Gasteiger partial charge in [0.05, 0.1) is 12.8 Å². The van der Waals surface area contributed by atoms with Crippen LogP contribution in [0.3, 0.4) is 0 Å². The molecule has 0 bridgehead atoms. The maximum Gasteiger partial charge on any atom is 0.350 e. The third kappa shape index (κ3) is 3.48. The number of aromatic nitrogens is 1. The number of ether oxygens (including phenoxy) is 2. The minimum Gasteiger partial charge on any atom is -0.497 e. The van der Waals surface area contributed by atoms with Crippen molar-refractivity contribution in [1.29, 1.82) is 0 Å². The third-order valence-corrected chi connectivity index (χ3v) is 5.25. The lowest BCUT2D eigenvalue weighted by molar-refractivity contribution is -0.129. The summed E-state index contributed by atoms with van der Waals surface area (Å²) in [5.74, 6) is 0.333. The van der Waals surface area contributed by atoms with Gasteiger partial charge < -0.3 is 9.47 Å². The zero-order chi connectivity index (χ0) is 17.1. The lowest BCUT2D eigenvalue weighted by Gasteiger charge is -2.20. The Morgan fingerprint density at radius 3 is 2.67 bits per heavy atom. The van der Waals surface area contributed by atoms with Crippen molar-refractivity contribution in [2.75, 3.05) is 7.11 Å². The number of ketones is 1. The summed E-state index contributed by atoms with van der Waals surface area (Å²) >= 11 is 1.29. The first kappa shape index (κ1) is 16.6. The molecule has 3 rings (SSSR count). The van der Waals surface area contributed by atoms with Gasteiger partial charge >= 0.3 is 5.97 Å². The number of hydrogen-bond donors (Lipinski definition) is 0. The number of rotatable bonds is 4. The molecule has 6 heteroatoms. The fourth-order valence-corrected chi connectivity index (χ4v) is 3.66. The summed E-state index contributed by atoms with van der Waals surface area (Å²) in [6.07, 6.45) is 2.32. The monoisotopic (exact) mass is 345 g/mol. The van der Waals surface area contributed by atoms with Gasteiger partial charge in [-0.05, 0) is 50.5 Å². The molecular formula is C18H19NO4S. The first-order valence-corrected chi connectivity index (χ1v) is 8.75. The molecule has 1 aromatic heterocycles. The van der Waals surface area contributed by atoms with Gasteiger partial charge in [-0.2, -0.15) is 0 Å². The van der Waals surface area contributed by atoms with Crippen molar-refractivity contribution in [3.05, 3.63) is 34.8 Å². The van der Waals surface area contributed by atoms with Gasteiger partial charge in [-0.1, -0.05) is 0 Å². The second-order valence-corrected chi connectivity index (χ2v) is 6.77. The van der Waals surface area contributed by atoms with Crippen molar-refractivity contribution in [2.45, 2.75) is 38.7 Å². The van der Waals surface area contributed by atoms with Gasteiger partial charge in [0.25, 0.3) is 0 Å². The molecule has 1 fully saturated rings. The Balaban J connectivity index is 1.77. The van der Waals surface area contributed by atoms with Crippen LogP contribution in [-0.4, -0.2) is 30.0 Å². The number of Topliss-reactive ketones (excluding diaryl/α,β-unsaturated/α-hetero) is 1. The Morgan fingerprint density at radius 1 is 1.25 bits per heavy atom. The van der Waals surface area contributed by atoms with E-state index in [1.807, 2.05) is 24.3 Å². The second kappa shape index (κ2) is 7.13. The number of hydrogen-bond acceptors (Lipinski definition) is 6. The Morgan fingerprint density at radius 2 is 2.00 bits per heavy atom. The fourth-order valence-electron chi connectivity index (χ4n) is 2.70. The fraction of sp³-hybridized carbons (Fsp3) is 0.389. The number of carbonyl (C=O) groups excluding carboxylic acids is 2. The molecule has 1 heterocycles. The lowest BCUT2D eigenvalue weighted by Crippen LogP contribution is -2.30. The molecule has 0 radical (unpaired) electrons. The van der Waals surface area contributed by atoms with E-state index in [1.165, 1.54) is 11.3 Å². The largest absolute Gasteiger partial charge is 0.497 e. The number of esters is 1. The maximum absolute atomic E-state index is 12.4. The minimum atomic E-state index is -0.600. The van der Waals surface area contributed by atoms with Gasteiger partial charge in [-0.15, -0.1) is 11.3 Å². The summed E-state index contributed by atoms with van der Waals surface area (Å²) in [4.78, 5) is 29.2. The van der Waals surface area contributed by atoms with Gasteiger partial charge in [-0.3, -0.25) is 4.79 Å². The standard InChI is InChI=1S/C18H19NO4S/c1-11-16(18(21)23-15-6-4-3-5-14(15)20)24-17(19-11)12-7-9-13(22-2)10-8-12/h7-10,15H,3-6H2,1-2H3/t15-/m0/s1. The van der Waals surface area contributed by atoms with Crippen LogP contribution >= 0.6 is 11.3 Å². The van der Waals surface area contributed by atoms with Crippen molar-refractivity contribution in [3.63, 3.8) is 0 Å². The van der Waals surface area contributed by atoms with Crippen molar-refractivity contribution < 1.29 is 19.1 Å². The Kier molecular flexibility index (Phi) is 4.94. The van der Waals surface area contributed by atoms with E-state index in [0.29, 0.717) is 23.4 Å². The summed E-state index contributed by atoms with van der Waals surface area (Å²) < 4.78 is 10.6. The molecule has 1 saturated carbocycles. The number of thiazole rings is 1. The molecule has 0 N–H and O–H groups in total. The van der Waals surface area contributed by atoms with E-state index in [1.54, 1.807) is 14.0 Å². The van der Waals surface area contributed by atoms with Gasteiger partial charge in [-0.25, -0.2) is 9.78 Å². The molecule has 1 aliphatic rings. The SMILES string of the molecule is COc1ccc(-c2nc(C)c(C(=O)O[C@H]3CCCCC3=O)s2)cc1. The van der Waals surface area contributed by atoms with E-state index >= 15 is 0 Å². The lowest BCUT2D eigenvalue weighted by atomic mass is 9.96. The van der Waals surface area contributed by atoms with Gasteiger partial charge in [0.2, 0.25) is 0 Å². The van der Waals surface area contributed by atoms with E-state index in [9.17, 15) is 9.59 Å². The Hall–Kier alpha value is -2.21. The van der Waals surface area contributed by atoms with Crippen molar-refractivity contribution in [1.82, 2.24) is 4.98 Å². The van der Waals surface area contributed by atoms with Crippen LogP contribution in [0, 0.1) is 6.92 Å². The predicted octanol–water partition coefficient (Wildman–Crippen LogP) is 3.80. The Labute approximate surface area is 144 Å². The smallest absolute Gasteiger partial charge is 0.350 e. The number of aryl methyl sites for hydroxylation is 1. The maximum atomic E-state index is 12.4. The minimum absolute atomic E-state index is 0.0205. The van der Waals surface area contributed by atoms with Crippen LogP contribution in [0.1, 0.15) is 41.0 Å². The molecular weight excluding hydrogens is 326 g/mol. The third-order valence-electron chi connectivity index (χ3n) is 4.07. The molecule has 0 saturated heterocycles. The van der Waals surface area contributed by atoms with Crippen molar-refractivity contribution in [3.8, 4) is 16.3 Å². The predicted molar refractivity (Wildman–Crippen MR) is 91.5 cm³/mol. The zero-order valence-corrected chi connectivity index (χ0v) is 14.5. The summed E-state index contributed by atoms with van der Waals surface area (Å²) in [5, 5.41) is 0.747. The van der Waals surface area contributed by atoms with Gasteiger partial charge in [0.15, 0.2) is 11.9 Å². The highest BCUT2D eigenvalue weighted by molar-refractivity contribution is 7.17. The number of nitrogens with zero attached hydrogens (tertiary/aromatic N) is 1. The number of methoxy groups -OCH3 is 1. The second-order valence-electron chi connectivity index (χ2n) is 5.77. The van der Waals surface area contributed by atoms with Gasteiger partial charge in [0.1, 0.15) is 15.6 Å². The first-order chi connectivity index (χ1) is 11.6. The molecule has 126 valence electrons. The van der Waals surface area contributed by atoms with Crippen LogP contribution in [0.15, 0.2) is 24.3 Å². The number of carbonyl (C=O) groups is 2. The average Bonchev–Trinajstić information content (AvgIpc) is 2.99. The van der Waals surface area contributed by atoms with Crippen LogP contribution in [0.2, 0.25) is 0 Å². The van der Waals surface area contributed by atoms with Gasteiger partial charge in [0, 0.05) is 12.0 Å². The first-order valence-electron chi connectivity index (χ1n) is 7.94. The molecule has 1 atom stereocenters. The zero-order valence-electron chi connectivity index (χ0n) is 13.7. The van der Waals surface area contributed by atoms with E-state index in [0.717, 1.165) is 29.2 Å². The topological polar surface area (TPSA) is 65.5 Å². The van der Waals surface area contributed by atoms with E-state index in [4.69, 9.17) is 9.47 Å². The summed E-state index contributed by atoms with van der Waals surface area (Å²) in [6, 6.07) is 7.50. The molecule has 2 aromatic rings. The van der Waals surface area contributed by atoms with Crippen molar-refractivity contribution in [2.24, 2.45) is 0 Å². The molecule has 0 amide bonds. The molecule has 0 aliphatic heterocycles. The summed E-state index contributed by atoms with van der Waals surface area (Å²) in [5.41, 5.74) is 1.54. The van der Waals surface area contributed by atoms with E-state index < -0.39 is 12.1 Å². The van der Waals surface area contributed by atoms with Crippen LogP contribution < -0.4 is 4.74 Å². The van der Waals surface area contributed by atoms with Crippen LogP contribution in [0.4, 0.5) is 0 Å². The van der Waals surface area contributed by atoms with Crippen LogP contribution in [-0.2, 0) is 9.53 Å². The van der Waals surface area contributed by atoms with Crippen LogP contribution in [0.25, 0.3) is 10.6 Å². The molecule has 5 nitrogen and oxygen atoms in total. The quantitative estimate of drug-likeness (QED) is 0.789. The molecule has 24 heavy (non-hydrogen) atoms. The normalized spacial score (nSPS) is 17.6. The molecule has 1 aromatic carbocycles. The number of benzene rings is 1. The molecule has 0 spiro atoms. The summed E-state index contributed by atoms with van der Waals surface area (Å²) in [7, 11) is 1.61. The molecule has 1 aliphatic carbocycles. The van der Waals surface area contributed by atoms with E-state index in [2.05, 4.69) is 4.98 Å². The van der Waals surface area contributed by atoms with Crippen LogP contribution in [0.5, 0.6) is 5.75 Å². The van der Waals surface area contributed by atoms with Crippen molar-refractivity contribution >= 4 is 23.1 Å². The van der Waals surface area contributed by atoms with E-state index in [-0.39, 0.29) is 5.78 Å². The molecule has 0 unspecified atom stereocenters. The Bertz CT molecular complexity index is 751. The average molecular weight is 345 g/mol. The highest BCUT2D eigenvalue weighted by Crippen LogP contribution is 2.30. The summed E-state index contributed by atoms with van der Waals surface area (Å²) in [6.45, 7) is 1.78. The highest BCUT2D eigenvalue weighted by atomic mass is 32.1. The highest BCUT2D eigenvalue weighted by Gasteiger charge is 2.28.